The topological polar surface area (TPSA) is 57.6 Å². The molecular formula is C11H13NO3. The van der Waals surface area contributed by atoms with Gasteiger partial charge in [-0.05, 0) is 12.0 Å². The predicted octanol–water partition coefficient (Wildman–Crippen LogP) is 0.892. The maximum atomic E-state index is 10.7. The first-order valence-electron chi connectivity index (χ1n) is 4.66. The van der Waals surface area contributed by atoms with Crippen molar-refractivity contribution in [3.8, 4) is 0 Å². The van der Waals surface area contributed by atoms with Crippen LogP contribution in [0.15, 0.2) is 30.3 Å². The monoisotopic (exact) mass is 207 g/mol. The van der Waals surface area contributed by atoms with Crippen LogP contribution >= 0.6 is 0 Å². The number of hydrogen-bond acceptors (Lipinski definition) is 3. The van der Waals surface area contributed by atoms with Crippen LogP contribution in [0.3, 0.4) is 0 Å². The molecule has 1 atom stereocenters. The Balaban J connectivity index is 2.54. The van der Waals surface area contributed by atoms with Crippen molar-refractivity contribution >= 4 is 12.7 Å². The van der Waals surface area contributed by atoms with Crippen LogP contribution in [0.5, 0.6) is 0 Å². The lowest BCUT2D eigenvalue weighted by atomic mass is 10.0. The van der Waals surface area contributed by atoms with E-state index in [1.54, 1.807) is 0 Å². The van der Waals surface area contributed by atoms with Crippen molar-refractivity contribution in [1.82, 2.24) is 5.06 Å². The van der Waals surface area contributed by atoms with Gasteiger partial charge < -0.3 is 4.79 Å². The largest absolute Gasteiger partial charge is 0.303 e. The Morgan fingerprint density at radius 2 is 1.93 bits per heavy atom. The van der Waals surface area contributed by atoms with Crippen molar-refractivity contribution in [2.45, 2.75) is 6.42 Å². The van der Waals surface area contributed by atoms with Gasteiger partial charge >= 0.3 is 0 Å². The second-order valence-electron chi connectivity index (χ2n) is 3.31. The third-order valence-corrected chi connectivity index (χ3v) is 2.08. The number of nitrogens with zero attached hydrogens (tertiary/aromatic N) is 1. The van der Waals surface area contributed by atoms with Gasteiger partial charge in [0.05, 0.1) is 6.54 Å². The summed E-state index contributed by atoms with van der Waals surface area (Å²) in [7, 11) is 0. The average molecular weight is 207 g/mol. The van der Waals surface area contributed by atoms with Gasteiger partial charge in [0.1, 0.15) is 6.29 Å². The van der Waals surface area contributed by atoms with Gasteiger partial charge in [-0.2, -0.15) is 0 Å². The van der Waals surface area contributed by atoms with Gasteiger partial charge in [0.2, 0.25) is 6.41 Å². The molecule has 0 aromatic heterocycles. The highest BCUT2D eigenvalue weighted by Crippen LogP contribution is 2.07. The SMILES string of the molecule is O=CC(Cc1ccccc1)CN(O)C=O. The summed E-state index contributed by atoms with van der Waals surface area (Å²) >= 11 is 0. The Hall–Kier alpha value is -1.68. The summed E-state index contributed by atoms with van der Waals surface area (Å²) in [6.45, 7) is 0.0297. The van der Waals surface area contributed by atoms with Crippen molar-refractivity contribution in [3.05, 3.63) is 35.9 Å². The Bertz CT molecular complexity index is 313. The molecule has 1 aromatic carbocycles. The molecule has 0 saturated heterocycles. The predicted molar refractivity (Wildman–Crippen MR) is 54.3 cm³/mol. The van der Waals surface area contributed by atoms with Crippen LogP contribution < -0.4 is 0 Å². The van der Waals surface area contributed by atoms with E-state index in [1.165, 1.54) is 0 Å². The molecule has 0 fully saturated rings. The number of aldehydes is 1. The van der Waals surface area contributed by atoms with Crippen molar-refractivity contribution in [2.75, 3.05) is 6.54 Å². The summed E-state index contributed by atoms with van der Waals surface area (Å²) < 4.78 is 0. The minimum Gasteiger partial charge on any atom is -0.303 e. The summed E-state index contributed by atoms with van der Waals surface area (Å²) in [5.41, 5.74) is 1.01. The van der Waals surface area contributed by atoms with Crippen LogP contribution in [0.2, 0.25) is 0 Å². The molecule has 15 heavy (non-hydrogen) atoms. The normalized spacial score (nSPS) is 11.8. The fourth-order valence-electron chi connectivity index (χ4n) is 1.36. The Morgan fingerprint density at radius 1 is 1.27 bits per heavy atom. The van der Waals surface area contributed by atoms with E-state index >= 15 is 0 Å². The lowest BCUT2D eigenvalue weighted by molar-refractivity contribution is -0.152. The molecular weight excluding hydrogens is 194 g/mol. The Morgan fingerprint density at radius 3 is 2.47 bits per heavy atom. The van der Waals surface area contributed by atoms with Crippen LogP contribution in [-0.2, 0) is 16.0 Å². The highest BCUT2D eigenvalue weighted by atomic mass is 16.5. The van der Waals surface area contributed by atoms with Crippen molar-refractivity contribution in [2.24, 2.45) is 5.92 Å². The zero-order chi connectivity index (χ0) is 11.1. The van der Waals surface area contributed by atoms with Gasteiger partial charge in [0.15, 0.2) is 0 Å². The molecule has 1 rings (SSSR count). The number of carbonyl (C=O) groups is 2. The highest BCUT2D eigenvalue weighted by Gasteiger charge is 2.11. The molecule has 1 aromatic rings. The van der Waals surface area contributed by atoms with Gasteiger partial charge in [-0.15, -0.1) is 0 Å². The second kappa shape index (κ2) is 5.93. The number of hydrogen-bond donors (Lipinski definition) is 1. The van der Waals surface area contributed by atoms with E-state index in [2.05, 4.69) is 0 Å². The van der Waals surface area contributed by atoms with Crippen LogP contribution in [0.25, 0.3) is 0 Å². The summed E-state index contributed by atoms with van der Waals surface area (Å²) in [5, 5.41) is 9.43. The molecule has 0 radical (unpaired) electrons. The number of rotatable bonds is 6. The fourth-order valence-corrected chi connectivity index (χ4v) is 1.36. The first-order chi connectivity index (χ1) is 7.26. The third-order valence-electron chi connectivity index (χ3n) is 2.08. The van der Waals surface area contributed by atoms with Crippen molar-refractivity contribution in [3.63, 3.8) is 0 Å². The Kier molecular flexibility index (Phi) is 4.50. The molecule has 0 aliphatic heterocycles. The quantitative estimate of drug-likeness (QED) is 0.428. The zero-order valence-corrected chi connectivity index (χ0v) is 8.24. The van der Waals surface area contributed by atoms with Gasteiger partial charge in [0.25, 0.3) is 0 Å². The molecule has 0 spiro atoms. The van der Waals surface area contributed by atoms with Gasteiger partial charge in [-0.25, -0.2) is 5.06 Å². The molecule has 80 valence electrons. The van der Waals surface area contributed by atoms with Gasteiger partial charge in [-0.1, -0.05) is 30.3 Å². The first kappa shape index (κ1) is 11.4. The van der Waals surface area contributed by atoms with Crippen LogP contribution in [0, 0.1) is 5.92 Å². The first-order valence-corrected chi connectivity index (χ1v) is 4.66. The van der Waals surface area contributed by atoms with Crippen LogP contribution in [0.4, 0.5) is 0 Å². The summed E-state index contributed by atoms with van der Waals surface area (Å²) in [6, 6.07) is 9.46. The lowest BCUT2D eigenvalue weighted by Gasteiger charge is -2.14. The molecule has 4 nitrogen and oxygen atoms in total. The van der Waals surface area contributed by atoms with E-state index in [0.717, 1.165) is 11.8 Å². The van der Waals surface area contributed by atoms with E-state index in [1.807, 2.05) is 30.3 Å². The van der Waals surface area contributed by atoms with E-state index < -0.39 is 0 Å². The lowest BCUT2D eigenvalue weighted by Crippen LogP contribution is -2.27. The van der Waals surface area contributed by atoms with E-state index in [9.17, 15) is 9.59 Å². The van der Waals surface area contributed by atoms with Gasteiger partial charge in [0, 0.05) is 5.92 Å². The molecule has 1 amide bonds. The maximum absolute atomic E-state index is 10.7. The van der Waals surface area contributed by atoms with Gasteiger partial charge in [-0.3, -0.25) is 10.0 Å². The molecule has 0 aliphatic rings. The van der Waals surface area contributed by atoms with Crippen molar-refractivity contribution < 1.29 is 14.8 Å². The Labute approximate surface area is 88.1 Å². The third kappa shape index (κ3) is 3.91. The molecule has 0 saturated carbocycles. The molecule has 0 bridgehead atoms. The maximum Gasteiger partial charge on any atom is 0.233 e. The molecule has 4 heteroatoms. The van der Waals surface area contributed by atoms with Crippen molar-refractivity contribution in [1.29, 1.82) is 0 Å². The fraction of sp³-hybridized carbons (Fsp3) is 0.273. The molecule has 0 aliphatic carbocycles. The minimum absolute atomic E-state index is 0.0297. The summed E-state index contributed by atoms with van der Waals surface area (Å²) in [6.07, 6.45) is 1.57. The number of amides is 1. The number of carbonyl (C=O) groups excluding carboxylic acids is 2. The standard InChI is InChI=1S/C11H13NO3/c13-8-11(7-12(15)9-14)6-10-4-2-1-3-5-10/h1-5,8-9,11,15H,6-7H2. The minimum atomic E-state index is -0.373. The summed E-state index contributed by atoms with van der Waals surface area (Å²) in [4.78, 5) is 20.9. The second-order valence-corrected chi connectivity index (χ2v) is 3.31. The molecule has 1 N–H and O–H groups in total. The smallest absolute Gasteiger partial charge is 0.233 e. The summed E-state index contributed by atoms with van der Waals surface area (Å²) in [5.74, 6) is -0.373. The molecule has 0 heterocycles. The zero-order valence-electron chi connectivity index (χ0n) is 8.24. The number of hydroxylamine groups is 2. The van der Waals surface area contributed by atoms with E-state index in [0.29, 0.717) is 17.9 Å². The average Bonchev–Trinajstić information content (AvgIpc) is 2.29. The van der Waals surface area contributed by atoms with E-state index in [-0.39, 0.29) is 12.5 Å². The number of benzene rings is 1. The van der Waals surface area contributed by atoms with E-state index in [4.69, 9.17) is 5.21 Å². The van der Waals surface area contributed by atoms with Crippen LogP contribution in [-0.4, -0.2) is 29.5 Å². The van der Waals surface area contributed by atoms with Crippen LogP contribution in [0.1, 0.15) is 5.56 Å². The molecule has 1 unspecified atom stereocenters. The highest BCUT2D eigenvalue weighted by molar-refractivity contribution is 5.56.